The minimum atomic E-state index is 0.361. The number of hydrogen-bond donors (Lipinski definition) is 1. The van der Waals surface area contributed by atoms with Gasteiger partial charge in [0.05, 0.1) is 19.9 Å². The molecule has 0 aliphatic carbocycles. The highest BCUT2D eigenvalue weighted by molar-refractivity contribution is 7.71. The summed E-state index contributed by atoms with van der Waals surface area (Å²) in [6.07, 6.45) is 1.94. The van der Waals surface area contributed by atoms with Crippen LogP contribution in [0.4, 0.5) is 0 Å². The number of ether oxygens (including phenoxy) is 2. The summed E-state index contributed by atoms with van der Waals surface area (Å²) in [7, 11) is 3.28. The number of hydrogen-bond acceptors (Lipinski definition) is 3. The molecular weight excluding hydrogens is 260 g/mol. The van der Waals surface area contributed by atoms with Gasteiger partial charge in [0.25, 0.3) is 0 Å². The van der Waals surface area contributed by atoms with Crippen LogP contribution in [0.1, 0.15) is 25.5 Å². The predicted octanol–water partition coefficient (Wildman–Crippen LogP) is 3.68. The summed E-state index contributed by atoms with van der Waals surface area (Å²) in [5.41, 5.74) is 2.03. The minimum absolute atomic E-state index is 0.361. The van der Waals surface area contributed by atoms with Crippen molar-refractivity contribution in [3.63, 3.8) is 0 Å². The number of aromatic nitrogens is 2. The van der Waals surface area contributed by atoms with Gasteiger partial charge in [0, 0.05) is 18.0 Å². The highest BCUT2D eigenvalue weighted by Crippen LogP contribution is 2.30. The Morgan fingerprint density at radius 2 is 1.95 bits per heavy atom. The van der Waals surface area contributed by atoms with Crippen LogP contribution in [0.25, 0.3) is 5.69 Å². The van der Waals surface area contributed by atoms with Gasteiger partial charge >= 0.3 is 0 Å². The molecule has 4 nitrogen and oxygen atoms in total. The molecule has 1 aromatic carbocycles. The summed E-state index contributed by atoms with van der Waals surface area (Å²) < 4.78 is 13.3. The van der Waals surface area contributed by atoms with Gasteiger partial charge in [-0.3, -0.25) is 4.57 Å². The Bertz CT molecular complexity index is 629. The van der Waals surface area contributed by atoms with Gasteiger partial charge in [-0.2, -0.15) is 0 Å². The van der Waals surface area contributed by atoms with Crippen LogP contribution < -0.4 is 9.47 Å². The van der Waals surface area contributed by atoms with Crippen molar-refractivity contribution in [1.82, 2.24) is 9.55 Å². The van der Waals surface area contributed by atoms with E-state index in [4.69, 9.17) is 21.7 Å². The van der Waals surface area contributed by atoms with Crippen LogP contribution in [0.5, 0.6) is 11.5 Å². The van der Waals surface area contributed by atoms with Gasteiger partial charge in [-0.15, -0.1) is 0 Å². The fraction of sp³-hybridized carbons (Fsp3) is 0.357. The van der Waals surface area contributed by atoms with Crippen LogP contribution in [0.15, 0.2) is 24.4 Å². The molecule has 5 heteroatoms. The SMILES string of the molecule is COc1ccc(-n2c(C(C)C)c[nH]c2=S)c(OC)c1. The number of nitrogens with one attached hydrogen (secondary N) is 1. The van der Waals surface area contributed by atoms with Crippen LogP contribution in [0.3, 0.4) is 0 Å². The fourth-order valence-corrected chi connectivity index (χ4v) is 2.29. The molecule has 0 fully saturated rings. The number of nitrogens with zero attached hydrogens (tertiary/aromatic N) is 1. The second-order valence-corrected chi connectivity index (χ2v) is 4.93. The topological polar surface area (TPSA) is 39.2 Å². The summed E-state index contributed by atoms with van der Waals surface area (Å²) in [6.45, 7) is 4.26. The number of rotatable bonds is 4. The Balaban J connectivity index is 2.65. The van der Waals surface area contributed by atoms with Crippen LogP contribution in [0, 0.1) is 4.77 Å². The smallest absolute Gasteiger partial charge is 0.182 e. The zero-order valence-electron chi connectivity index (χ0n) is 11.6. The molecule has 0 amide bonds. The first kappa shape index (κ1) is 13.7. The number of aromatic amines is 1. The van der Waals surface area contributed by atoms with Gasteiger partial charge in [0.1, 0.15) is 11.5 Å². The van der Waals surface area contributed by atoms with Crippen molar-refractivity contribution in [2.75, 3.05) is 14.2 Å². The summed E-state index contributed by atoms with van der Waals surface area (Å²) in [5, 5.41) is 0. The first-order chi connectivity index (χ1) is 9.08. The molecule has 0 spiro atoms. The average Bonchev–Trinajstić information content (AvgIpc) is 2.80. The highest BCUT2D eigenvalue weighted by Gasteiger charge is 2.14. The number of benzene rings is 1. The van der Waals surface area contributed by atoms with Crippen molar-refractivity contribution in [2.24, 2.45) is 0 Å². The molecule has 0 aliphatic heterocycles. The van der Waals surface area contributed by atoms with Crippen molar-refractivity contribution in [3.05, 3.63) is 34.9 Å². The zero-order valence-corrected chi connectivity index (χ0v) is 12.4. The quantitative estimate of drug-likeness (QED) is 0.867. The molecule has 1 heterocycles. The number of H-pyrrole nitrogens is 1. The maximum atomic E-state index is 5.44. The van der Waals surface area contributed by atoms with Gasteiger partial charge in [0.2, 0.25) is 0 Å². The molecule has 0 aliphatic rings. The third-order valence-electron chi connectivity index (χ3n) is 3.02. The molecule has 19 heavy (non-hydrogen) atoms. The molecular formula is C14H18N2O2S. The second kappa shape index (κ2) is 5.48. The monoisotopic (exact) mass is 278 g/mol. The molecule has 0 saturated carbocycles. The van der Waals surface area contributed by atoms with Crippen LogP contribution in [-0.2, 0) is 0 Å². The summed E-state index contributed by atoms with van der Waals surface area (Å²) in [4.78, 5) is 3.09. The van der Waals surface area contributed by atoms with Crippen LogP contribution in [0.2, 0.25) is 0 Å². The normalized spacial score (nSPS) is 10.8. The predicted molar refractivity (Wildman–Crippen MR) is 78.1 cm³/mol. The lowest BCUT2D eigenvalue weighted by Gasteiger charge is -2.15. The lowest BCUT2D eigenvalue weighted by Crippen LogP contribution is -2.04. The van der Waals surface area contributed by atoms with Gasteiger partial charge in [-0.1, -0.05) is 13.8 Å². The minimum Gasteiger partial charge on any atom is -0.497 e. The molecule has 0 saturated heterocycles. The maximum Gasteiger partial charge on any atom is 0.182 e. The fourth-order valence-electron chi connectivity index (χ4n) is 2.03. The zero-order chi connectivity index (χ0) is 14.0. The molecule has 0 bridgehead atoms. The molecule has 1 N–H and O–H groups in total. The molecule has 0 unspecified atom stereocenters. The Morgan fingerprint density at radius 1 is 1.21 bits per heavy atom. The van der Waals surface area contributed by atoms with E-state index in [0.29, 0.717) is 10.7 Å². The van der Waals surface area contributed by atoms with Gasteiger partial charge in [-0.05, 0) is 30.3 Å². The Labute approximate surface area is 118 Å². The standard InChI is InChI=1S/C14H18N2O2S/c1-9(2)12-8-15-14(19)16(12)11-6-5-10(17-3)7-13(11)18-4/h5-9H,1-4H3,(H,15,19). The van der Waals surface area contributed by atoms with E-state index in [-0.39, 0.29) is 0 Å². The molecule has 1 aromatic heterocycles. The largest absolute Gasteiger partial charge is 0.497 e. The lowest BCUT2D eigenvalue weighted by molar-refractivity contribution is 0.393. The van der Waals surface area contributed by atoms with E-state index in [1.54, 1.807) is 14.2 Å². The maximum absolute atomic E-state index is 5.44. The Morgan fingerprint density at radius 3 is 2.53 bits per heavy atom. The summed E-state index contributed by atoms with van der Waals surface area (Å²) in [5.74, 6) is 1.85. The first-order valence-corrected chi connectivity index (χ1v) is 6.52. The van der Waals surface area contributed by atoms with Gasteiger partial charge < -0.3 is 14.5 Å². The first-order valence-electron chi connectivity index (χ1n) is 6.11. The van der Waals surface area contributed by atoms with Crippen molar-refractivity contribution in [3.8, 4) is 17.2 Å². The second-order valence-electron chi connectivity index (χ2n) is 4.55. The van der Waals surface area contributed by atoms with Gasteiger partial charge in [-0.25, -0.2) is 0 Å². The molecule has 0 atom stereocenters. The highest BCUT2D eigenvalue weighted by atomic mass is 32.1. The van der Waals surface area contributed by atoms with Crippen molar-refractivity contribution in [2.45, 2.75) is 19.8 Å². The van der Waals surface area contributed by atoms with Crippen molar-refractivity contribution in [1.29, 1.82) is 0 Å². The van der Waals surface area contributed by atoms with E-state index in [1.807, 2.05) is 29.0 Å². The van der Waals surface area contributed by atoms with E-state index >= 15 is 0 Å². The Kier molecular flexibility index (Phi) is 3.95. The van der Waals surface area contributed by atoms with E-state index in [0.717, 1.165) is 22.9 Å². The third kappa shape index (κ3) is 2.51. The molecule has 2 aromatic rings. The molecule has 0 radical (unpaired) electrons. The van der Waals surface area contributed by atoms with Crippen LogP contribution >= 0.6 is 12.2 Å². The number of imidazole rings is 1. The summed E-state index contributed by atoms with van der Waals surface area (Å²) in [6, 6.07) is 5.71. The van der Waals surface area contributed by atoms with Crippen LogP contribution in [-0.4, -0.2) is 23.8 Å². The average molecular weight is 278 g/mol. The van der Waals surface area contributed by atoms with Crippen molar-refractivity contribution >= 4 is 12.2 Å². The summed E-state index contributed by atoms with van der Waals surface area (Å²) >= 11 is 5.36. The van der Waals surface area contributed by atoms with Crippen molar-refractivity contribution < 1.29 is 9.47 Å². The van der Waals surface area contributed by atoms with E-state index in [1.165, 1.54) is 0 Å². The lowest BCUT2D eigenvalue weighted by atomic mass is 10.1. The molecule has 2 rings (SSSR count). The van der Waals surface area contributed by atoms with E-state index in [2.05, 4.69) is 18.8 Å². The third-order valence-corrected chi connectivity index (χ3v) is 3.32. The van der Waals surface area contributed by atoms with E-state index < -0.39 is 0 Å². The number of methoxy groups -OCH3 is 2. The molecule has 102 valence electrons. The van der Waals surface area contributed by atoms with Gasteiger partial charge in [0.15, 0.2) is 4.77 Å². The Hall–Kier alpha value is -1.75. The van der Waals surface area contributed by atoms with E-state index in [9.17, 15) is 0 Å².